The van der Waals surface area contributed by atoms with Gasteiger partial charge < -0.3 is 15.8 Å². The number of nitrogens with one attached hydrogen (secondary N) is 1. The monoisotopic (exact) mass is 190 g/mol. The van der Waals surface area contributed by atoms with Crippen LogP contribution in [0.25, 0.3) is 0 Å². The lowest BCUT2D eigenvalue weighted by Gasteiger charge is -2.31. The van der Waals surface area contributed by atoms with E-state index in [4.69, 9.17) is 10.8 Å². The minimum absolute atomic E-state index is 0.201. The Balaban J connectivity index is 3.02. The first-order valence-corrected chi connectivity index (χ1v) is 3.83. The van der Waals surface area contributed by atoms with Crippen molar-refractivity contribution in [3.8, 4) is 0 Å². The van der Waals surface area contributed by atoms with Crippen LogP contribution in [-0.4, -0.2) is 22.6 Å². The summed E-state index contributed by atoms with van der Waals surface area (Å²) in [5.41, 5.74) is 3.76. The molecule has 0 unspecified atom stereocenters. The van der Waals surface area contributed by atoms with Gasteiger partial charge in [-0.3, -0.25) is 0 Å². The van der Waals surface area contributed by atoms with E-state index in [0.29, 0.717) is 0 Å². The van der Waals surface area contributed by atoms with E-state index in [1.165, 1.54) is 19.2 Å². The van der Waals surface area contributed by atoms with E-state index >= 15 is 0 Å². The van der Waals surface area contributed by atoms with Gasteiger partial charge >= 0.3 is 0 Å². The molecule has 0 spiro atoms. The summed E-state index contributed by atoms with van der Waals surface area (Å²) in [6.07, 6.45) is 1.51. The molecule has 0 aromatic carbocycles. The summed E-state index contributed by atoms with van der Waals surface area (Å²) in [7, 11) is 0. The molecule has 0 saturated heterocycles. The maximum absolute atomic E-state index is 13.1. The number of halogens is 2. The molecule has 1 aromatic rings. The average molecular weight is 190 g/mol. The molecule has 1 rings (SSSR count). The summed E-state index contributed by atoms with van der Waals surface area (Å²) < 4.78 is 26.2. The number of rotatable bonds is 3. The number of H-pyrrole nitrogens is 1. The fourth-order valence-electron chi connectivity index (χ4n) is 1.01. The maximum Gasteiger partial charge on any atom is 0.293 e. The Bertz CT molecular complexity index is 270. The standard InChI is InChI=1S/C8H12F2N2O/c1-7(11,8(9,10)5-13)6-3-2-4-12-6/h2-4,12-13H,5,11H2,1H3/t7-/m1/s1. The quantitative estimate of drug-likeness (QED) is 0.660. The fraction of sp³-hybridized carbons (Fsp3) is 0.500. The number of aliphatic hydroxyl groups is 1. The molecular formula is C8H12F2N2O. The summed E-state index contributed by atoms with van der Waals surface area (Å²) in [5.74, 6) is -3.34. The van der Waals surface area contributed by atoms with Crippen LogP contribution in [0, 0.1) is 0 Å². The molecule has 3 nitrogen and oxygen atoms in total. The smallest absolute Gasteiger partial charge is 0.293 e. The summed E-state index contributed by atoms with van der Waals surface area (Å²) in [5, 5.41) is 8.48. The number of aliphatic hydroxyl groups excluding tert-OH is 1. The van der Waals surface area contributed by atoms with Gasteiger partial charge in [-0.1, -0.05) is 0 Å². The zero-order chi connectivity index (χ0) is 10.1. The first kappa shape index (κ1) is 10.1. The molecule has 4 N–H and O–H groups in total. The van der Waals surface area contributed by atoms with Gasteiger partial charge in [0, 0.05) is 11.9 Å². The molecule has 5 heteroatoms. The van der Waals surface area contributed by atoms with Gasteiger partial charge in [-0.15, -0.1) is 0 Å². The van der Waals surface area contributed by atoms with Gasteiger partial charge in [0.2, 0.25) is 0 Å². The third-order valence-corrected chi connectivity index (χ3v) is 2.12. The van der Waals surface area contributed by atoms with Crippen molar-refractivity contribution >= 4 is 0 Å². The van der Waals surface area contributed by atoms with Gasteiger partial charge in [-0.25, -0.2) is 8.78 Å². The molecule has 1 aromatic heterocycles. The molecule has 0 aliphatic heterocycles. The highest BCUT2D eigenvalue weighted by Crippen LogP contribution is 2.33. The van der Waals surface area contributed by atoms with Crippen molar-refractivity contribution in [1.29, 1.82) is 0 Å². The molecule has 0 amide bonds. The van der Waals surface area contributed by atoms with E-state index in [1.54, 1.807) is 6.07 Å². The second kappa shape index (κ2) is 3.08. The van der Waals surface area contributed by atoms with Crippen LogP contribution in [-0.2, 0) is 5.54 Å². The van der Waals surface area contributed by atoms with E-state index in [0.717, 1.165) is 0 Å². The highest BCUT2D eigenvalue weighted by molar-refractivity contribution is 5.18. The molecule has 0 aliphatic carbocycles. The van der Waals surface area contributed by atoms with Gasteiger partial charge in [-0.05, 0) is 19.1 Å². The summed E-state index contributed by atoms with van der Waals surface area (Å²) in [6, 6.07) is 3.04. The Kier molecular flexibility index (Phi) is 2.40. The van der Waals surface area contributed by atoms with Crippen LogP contribution in [0.4, 0.5) is 8.78 Å². The molecule has 0 aliphatic rings. The lowest BCUT2D eigenvalue weighted by Crippen LogP contribution is -2.52. The van der Waals surface area contributed by atoms with Gasteiger partial charge in [0.05, 0.1) is 0 Å². The Labute approximate surface area is 74.6 Å². The van der Waals surface area contributed by atoms with Gasteiger partial charge in [-0.2, -0.15) is 0 Å². The lowest BCUT2D eigenvalue weighted by molar-refractivity contribution is -0.109. The average Bonchev–Trinajstić information content (AvgIpc) is 2.56. The van der Waals surface area contributed by atoms with Crippen molar-refractivity contribution in [2.45, 2.75) is 18.4 Å². The zero-order valence-corrected chi connectivity index (χ0v) is 7.22. The Hall–Kier alpha value is -0.940. The molecule has 13 heavy (non-hydrogen) atoms. The highest BCUT2D eigenvalue weighted by atomic mass is 19.3. The van der Waals surface area contributed by atoms with Crippen molar-refractivity contribution in [3.05, 3.63) is 24.0 Å². The van der Waals surface area contributed by atoms with Gasteiger partial charge in [0.25, 0.3) is 5.92 Å². The largest absolute Gasteiger partial charge is 0.390 e. The van der Waals surface area contributed by atoms with E-state index < -0.39 is 18.1 Å². The first-order chi connectivity index (χ1) is 5.92. The Morgan fingerprint density at radius 3 is 2.62 bits per heavy atom. The van der Waals surface area contributed by atoms with Crippen LogP contribution in [0.3, 0.4) is 0 Å². The second-order valence-electron chi connectivity index (χ2n) is 3.15. The van der Waals surface area contributed by atoms with Crippen molar-refractivity contribution < 1.29 is 13.9 Å². The third-order valence-electron chi connectivity index (χ3n) is 2.12. The predicted molar refractivity (Wildman–Crippen MR) is 44.4 cm³/mol. The lowest BCUT2D eigenvalue weighted by atomic mass is 9.91. The number of aromatic amines is 1. The summed E-state index contributed by atoms with van der Waals surface area (Å²) in [4.78, 5) is 2.60. The van der Waals surface area contributed by atoms with Crippen LogP contribution in [0.1, 0.15) is 12.6 Å². The molecule has 0 saturated carbocycles. The third kappa shape index (κ3) is 1.57. The van der Waals surface area contributed by atoms with Crippen LogP contribution in [0.5, 0.6) is 0 Å². The first-order valence-electron chi connectivity index (χ1n) is 3.83. The number of nitrogens with two attached hydrogens (primary N) is 1. The maximum atomic E-state index is 13.1. The summed E-state index contributed by atoms with van der Waals surface area (Å²) >= 11 is 0. The van der Waals surface area contributed by atoms with Gasteiger partial charge in [0.1, 0.15) is 12.1 Å². The second-order valence-corrected chi connectivity index (χ2v) is 3.15. The minimum Gasteiger partial charge on any atom is -0.390 e. The predicted octanol–water partition coefficient (Wildman–Crippen LogP) is 0.816. The van der Waals surface area contributed by atoms with Crippen LogP contribution < -0.4 is 5.73 Å². The molecule has 1 heterocycles. The Morgan fingerprint density at radius 2 is 2.23 bits per heavy atom. The van der Waals surface area contributed by atoms with Crippen molar-refractivity contribution in [2.75, 3.05) is 6.61 Å². The van der Waals surface area contributed by atoms with E-state index in [2.05, 4.69) is 4.98 Å². The Morgan fingerprint density at radius 1 is 1.62 bits per heavy atom. The van der Waals surface area contributed by atoms with Crippen LogP contribution in [0.15, 0.2) is 18.3 Å². The van der Waals surface area contributed by atoms with Crippen molar-refractivity contribution in [1.82, 2.24) is 4.98 Å². The van der Waals surface area contributed by atoms with Crippen LogP contribution >= 0.6 is 0 Å². The molecular weight excluding hydrogens is 178 g/mol. The zero-order valence-electron chi connectivity index (χ0n) is 7.22. The number of hydrogen-bond donors (Lipinski definition) is 3. The van der Waals surface area contributed by atoms with Crippen LogP contribution in [0.2, 0.25) is 0 Å². The molecule has 0 fully saturated rings. The highest BCUT2D eigenvalue weighted by Gasteiger charge is 2.48. The minimum atomic E-state index is -3.34. The topological polar surface area (TPSA) is 62.0 Å². The molecule has 1 atom stereocenters. The SMILES string of the molecule is C[C@@](N)(c1ccc[nH]1)C(F)(F)CO. The number of hydrogen-bond acceptors (Lipinski definition) is 2. The molecule has 0 radical (unpaired) electrons. The fourth-order valence-corrected chi connectivity index (χ4v) is 1.01. The molecule has 0 bridgehead atoms. The van der Waals surface area contributed by atoms with Crippen molar-refractivity contribution in [3.63, 3.8) is 0 Å². The molecule has 74 valence electrons. The van der Waals surface area contributed by atoms with E-state index in [1.807, 2.05) is 0 Å². The van der Waals surface area contributed by atoms with Gasteiger partial charge in [0.15, 0.2) is 0 Å². The summed E-state index contributed by atoms with van der Waals surface area (Å²) in [6.45, 7) is -0.0892. The normalized spacial score (nSPS) is 17.0. The van der Waals surface area contributed by atoms with E-state index in [-0.39, 0.29) is 5.69 Å². The van der Waals surface area contributed by atoms with Crippen molar-refractivity contribution in [2.24, 2.45) is 5.73 Å². The number of aromatic nitrogens is 1. The number of alkyl halides is 2. The van der Waals surface area contributed by atoms with E-state index in [9.17, 15) is 8.78 Å².